The summed E-state index contributed by atoms with van der Waals surface area (Å²) in [6.07, 6.45) is 0. The molecule has 10 heavy (non-hydrogen) atoms. The van der Waals surface area contributed by atoms with E-state index in [1.807, 2.05) is 0 Å². The third-order valence-electron chi connectivity index (χ3n) is 0.754. The summed E-state index contributed by atoms with van der Waals surface area (Å²) in [7, 11) is 0. The molecule has 2 nitrogen and oxygen atoms in total. The van der Waals surface area contributed by atoms with Crippen molar-refractivity contribution in [1.82, 2.24) is 0 Å². The molecule has 0 saturated heterocycles. The molecular weight excluding hydrogens is 172 g/mol. The lowest BCUT2D eigenvalue weighted by atomic mass is 10.8. The summed E-state index contributed by atoms with van der Waals surface area (Å²) in [4.78, 5) is 10.2. The lowest BCUT2D eigenvalue weighted by Gasteiger charge is -1.99. The number of thioether (sulfide) groups is 1. The maximum atomic E-state index is 10.2. The normalized spacial score (nSPS) is 9.40. The molecule has 0 N–H and O–H groups in total. The van der Waals surface area contributed by atoms with Crippen molar-refractivity contribution in [3.05, 3.63) is 0 Å². The van der Waals surface area contributed by atoms with E-state index < -0.39 is 0 Å². The second-order valence-electron chi connectivity index (χ2n) is 1.64. The second kappa shape index (κ2) is 7.22. The monoisotopic (exact) mass is 182 g/mol. The fraction of sp³-hybridized carbons (Fsp3) is 0.833. The summed E-state index contributed by atoms with van der Waals surface area (Å²) in [5.41, 5.74) is 0. The number of halogens is 1. The minimum Gasteiger partial charge on any atom is -0.465 e. The summed E-state index contributed by atoms with van der Waals surface area (Å²) in [5, 5.41) is 0. The van der Waals surface area contributed by atoms with E-state index in [2.05, 4.69) is 4.74 Å². The van der Waals surface area contributed by atoms with Gasteiger partial charge in [-0.1, -0.05) is 0 Å². The maximum Gasteiger partial charge on any atom is 0.302 e. The van der Waals surface area contributed by atoms with Crippen molar-refractivity contribution >= 4 is 29.3 Å². The van der Waals surface area contributed by atoms with Gasteiger partial charge in [0.25, 0.3) is 0 Å². The van der Waals surface area contributed by atoms with Crippen LogP contribution < -0.4 is 0 Å². The Hall–Kier alpha value is 0.110. The molecule has 0 aromatic heterocycles. The number of carbonyl (C=O) groups is 1. The summed E-state index contributed by atoms with van der Waals surface area (Å²) in [6, 6.07) is 0. The Labute approximate surface area is 70.3 Å². The molecule has 0 rings (SSSR count). The highest BCUT2D eigenvalue weighted by molar-refractivity contribution is 7.99. The Kier molecular flexibility index (Phi) is 7.30. The van der Waals surface area contributed by atoms with E-state index in [0.717, 1.165) is 11.5 Å². The van der Waals surface area contributed by atoms with Crippen LogP contribution in [0.3, 0.4) is 0 Å². The van der Waals surface area contributed by atoms with E-state index in [0.29, 0.717) is 12.5 Å². The Bertz CT molecular complexity index is 97.7. The van der Waals surface area contributed by atoms with Crippen LogP contribution in [0.25, 0.3) is 0 Å². The van der Waals surface area contributed by atoms with Crippen LogP contribution in [0.15, 0.2) is 0 Å². The zero-order valence-electron chi connectivity index (χ0n) is 5.93. The zero-order chi connectivity index (χ0) is 7.82. The van der Waals surface area contributed by atoms with Gasteiger partial charge in [-0.05, 0) is 0 Å². The largest absolute Gasteiger partial charge is 0.465 e. The van der Waals surface area contributed by atoms with E-state index >= 15 is 0 Å². The van der Waals surface area contributed by atoms with Crippen LogP contribution in [0.5, 0.6) is 0 Å². The third-order valence-corrected chi connectivity index (χ3v) is 2.12. The first-order chi connectivity index (χ1) is 4.77. The SMILES string of the molecule is CC(=O)OCCSCCCl. The molecule has 0 aliphatic heterocycles. The highest BCUT2D eigenvalue weighted by Gasteiger charge is 1.91. The van der Waals surface area contributed by atoms with Crippen LogP contribution >= 0.6 is 23.4 Å². The predicted molar refractivity (Wildman–Crippen MR) is 44.7 cm³/mol. The van der Waals surface area contributed by atoms with Gasteiger partial charge in [-0.15, -0.1) is 11.6 Å². The van der Waals surface area contributed by atoms with Crippen LogP contribution in [0, 0.1) is 0 Å². The Morgan fingerprint density at radius 3 is 2.80 bits per heavy atom. The van der Waals surface area contributed by atoms with E-state index in [4.69, 9.17) is 11.6 Å². The number of ether oxygens (including phenoxy) is 1. The highest BCUT2D eigenvalue weighted by Crippen LogP contribution is 1.99. The molecule has 0 bridgehead atoms. The molecule has 0 radical (unpaired) electrons. The molecule has 0 spiro atoms. The van der Waals surface area contributed by atoms with Gasteiger partial charge in [0.1, 0.15) is 6.61 Å². The highest BCUT2D eigenvalue weighted by atomic mass is 35.5. The van der Waals surface area contributed by atoms with Crippen LogP contribution in [0.1, 0.15) is 6.92 Å². The number of rotatable bonds is 5. The van der Waals surface area contributed by atoms with Crippen LogP contribution in [0.2, 0.25) is 0 Å². The van der Waals surface area contributed by atoms with Gasteiger partial charge < -0.3 is 4.74 Å². The zero-order valence-corrected chi connectivity index (χ0v) is 7.50. The second-order valence-corrected chi connectivity index (χ2v) is 3.24. The maximum absolute atomic E-state index is 10.2. The van der Waals surface area contributed by atoms with Crippen molar-refractivity contribution in [2.24, 2.45) is 0 Å². The standard InChI is InChI=1S/C6H11ClO2S/c1-6(8)9-3-5-10-4-2-7/h2-5H2,1H3. The first-order valence-corrected chi connectivity index (χ1v) is 4.73. The van der Waals surface area contributed by atoms with Crippen molar-refractivity contribution in [2.75, 3.05) is 24.0 Å². The molecule has 60 valence electrons. The molecule has 0 aromatic carbocycles. The first kappa shape index (κ1) is 10.1. The van der Waals surface area contributed by atoms with Crippen molar-refractivity contribution in [2.45, 2.75) is 6.92 Å². The molecule has 0 unspecified atom stereocenters. The number of carbonyl (C=O) groups excluding carboxylic acids is 1. The Balaban J connectivity index is 2.84. The molecule has 0 amide bonds. The van der Waals surface area contributed by atoms with Gasteiger partial charge in [0.05, 0.1) is 0 Å². The van der Waals surface area contributed by atoms with Crippen LogP contribution in [-0.4, -0.2) is 30.0 Å². The van der Waals surface area contributed by atoms with Crippen molar-refractivity contribution in [3.63, 3.8) is 0 Å². The molecule has 4 heteroatoms. The number of esters is 1. The summed E-state index contributed by atoms with van der Waals surface area (Å²) in [6.45, 7) is 1.91. The van der Waals surface area contributed by atoms with Gasteiger partial charge in [-0.3, -0.25) is 4.79 Å². The van der Waals surface area contributed by atoms with E-state index in [9.17, 15) is 4.79 Å². The lowest BCUT2D eigenvalue weighted by molar-refractivity contribution is -0.140. The fourth-order valence-corrected chi connectivity index (χ4v) is 1.24. The van der Waals surface area contributed by atoms with Gasteiger partial charge in [0.15, 0.2) is 0 Å². The molecule has 0 fully saturated rings. The first-order valence-electron chi connectivity index (χ1n) is 3.04. The van der Waals surface area contributed by atoms with E-state index in [-0.39, 0.29) is 5.97 Å². The molecule has 0 atom stereocenters. The minimum atomic E-state index is -0.216. The van der Waals surface area contributed by atoms with Crippen LogP contribution in [-0.2, 0) is 9.53 Å². The molecular formula is C6H11ClO2S. The average Bonchev–Trinajstić information content (AvgIpc) is 1.87. The number of alkyl halides is 1. The molecule has 0 saturated carbocycles. The van der Waals surface area contributed by atoms with E-state index in [1.165, 1.54) is 6.92 Å². The minimum absolute atomic E-state index is 0.216. The quantitative estimate of drug-likeness (QED) is 0.367. The summed E-state index contributed by atoms with van der Waals surface area (Å²) >= 11 is 7.10. The van der Waals surface area contributed by atoms with Gasteiger partial charge in [0, 0.05) is 24.3 Å². The smallest absolute Gasteiger partial charge is 0.302 e. The van der Waals surface area contributed by atoms with Crippen molar-refractivity contribution in [3.8, 4) is 0 Å². The third kappa shape index (κ3) is 8.11. The van der Waals surface area contributed by atoms with Gasteiger partial charge in [0.2, 0.25) is 0 Å². The van der Waals surface area contributed by atoms with Crippen LogP contribution in [0.4, 0.5) is 0 Å². The summed E-state index contributed by atoms with van der Waals surface area (Å²) < 4.78 is 4.69. The van der Waals surface area contributed by atoms with Gasteiger partial charge in [-0.25, -0.2) is 0 Å². The Morgan fingerprint density at radius 2 is 2.30 bits per heavy atom. The van der Waals surface area contributed by atoms with Crippen molar-refractivity contribution in [1.29, 1.82) is 0 Å². The van der Waals surface area contributed by atoms with Gasteiger partial charge in [-0.2, -0.15) is 11.8 Å². The number of hydrogen-bond donors (Lipinski definition) is 0. The summed E-state index contributed by atoms with van der Waals surface area (Å²) in [5.74, 6) is 2.20. The van der Waals surface area contributed by atoms with Gasteiger partial charge >= 0.3 is 5.97 Å². The number of hydrogen-bond acceptors (Lipinski definition) is 3. The average molecular weight is 183 g/mol. The topological polar surface area (TPSA) is 26.3 Å². The lowest BCUT2D eigenvalue weighted by Crippen LogP contribution is -2.02. The van der Waals surface area contributed by atoms with Crippen molar-refractivity contribution < 1.29 is 9.53 Å². The van der Waals surface area contributed by atoms with E-state index in [1.54, 1.807) is 11.8 Å². The molecule has 0 aliphatic rings. The fourth-order valence-electron chi connectivity index (χ4n) is 0.401. The molecule has 0 aliphatic carbocycles. The molecule has 0 heterocycles. The molecule has 0 aromatic rings. The Morgan fingerprint density at radius 1 is 1.60 bits per heavy atom. The predicted octanol–water partition coefficient (Wildman–Crippen LogP) is 1.52.